The molecule has 0 radical (unpaired) electrons. The van der Waals surface area contributed by atoms with Crippen molar-refractivity contribution in [2.24, 2.45) is 28.8 Å². The molecule has 0 aromatic carbocycles. The molecule has 19 heteroatoms. The van der Waals surface area contributed by atoms with Crippen LogP contribution in [0.5, 0.6) is 0 Å². The van der Waals surface area contributed by atoms with Crippen molar-refractivity contribution in [1.29, 1.82) is 0 Å². The maximum atomic E-state index is 14.7. The minimum absolute atomic E-state index is 0.0563. The molecule has 3 saturated heterocycles. The first-order valence-electron chi connectivity index (χ1n) is 22.9. The summed E-state index contributed by atoms with van der Waals surface area (Å²) in [6.45, 7) is 21.1. The lowest BCUT2D eigenvalue weighted by molar-refractivity contribution is -0.319. The molecular weight excluding hydrogens is 849 g/mol. The van der Waals surface area contributed by atoms with E-state index < -0.39 is 114 Å². The van der Waals surface area contributed by atoms with Gasteiger partial charge in [-0.05, 0) is 81.8 Å². The number of aliphatic hydroxyl groups is 2. The minimum Gasteiger partial charge on any atom is -0.459 e. The second-order valence-corrected chi connectivity index (χ2v) is 19.1. The molecule has 1 aromatic rings. The number of ether oxygens (including phenoxy) is 9. The molecule has 3 fully saturated rings. The fraction of sp³-hybridized carbons (Fsp3) is 0.848. The highest BCUT2D eigenvalue weighted by atomic mass is 16.7. The molecule has 0 amide bonds. The van der Waals surface area contributed by atoms with Crippen molar-refractivity contribution in [2.45, 2.75) is 193 Å². The van der Waals surface area contributed by atoms with Crippen molar-refractivity contribution in [3.05, 3.63) is 18.7 Å². The molecule has 0 spiro atoms. The third-order valence-electron chi connectivity index (χ3n) is 13.8. The molecule has 3 aliphatic rings. The van der Waals surface area contributed by atoms with Crippen LogP contribution in [-0.2, 0) is 57.1 Å². The Kier molecular flexibility index (Phi) is 19.0. The number of oxime groups is 1. The number of imidazole rings is 1. The number of methoxy groups -OCH3 is 2. The molecule has 3 aliphatic heterocycles. The summed E-state index contributed by atoms with van der Waals surface area (Å²) in [5.41, 5.74) is -3.90. The minimum atomic E-state index is -1.94. The Bertz CT molecular complexity index is 1730. The van der Waals surface area contributed by atoms with Crippen molar-refractivity contribution in [1.82, 2.24) is 14.5 Å². The monoisotopic (exact) mass is 927 g/mol. The van der Waals surface area contributed by atoms with Gasteiger partial charge in [-0.1, -0.05) is 32.9 Å². The molecule has 2 N–H and O–H groups in total. The molecule has 0 saturated carbocycles. The zero-order valence-electron chi connectivity index (χ0n) is 41.4. The lowest BCUT2D eigenvalue weighted by atomic mass is 9.73. The Balaban J connectivity index is 1.91. The fourth-order valence-corrected chi connectivity index (χ4v) is 9.95. The van der Waals surface area contributed by atoms with Gasteiger partial charge < -0.3 is 62.6 Å². The second-order valence-electron chi connectivity index (χ2n) is 19.1. The Hall–Kier alpha value is -3.27. The Morgan fingerprint density at radius 1 is 0.938 bits per heavy atom. The zero-order valence-corrected chi connectivity index (χ0v) is 41.4. The number of esters is 2. The molecule has 1 aromatic heterocycles. The van der Waals surface area contributed by atoms with Crippen LogP contribution < -0.4 is 0 Å². The number of rotatable bonds is 12. The summed E-state index contributed by atoms with van der Waals surface area (Å²) >= 11 is 0. The summed E-state index contributed by atoms with van der Waals surface area (Å²) in [6.07, 6.45) is -5.11. The van der Waals surface area contributed by atoms with Crippen LogP contribution in [-0.4, -0.2) is 168 Å². The molecule has 19 nitrogen and oxygen atoms in total. The van der Waals surface area contributed by atoms with E-state index in [1.165, 1.54) is 44.2 Å². The highest BCUT2D eigenvalue weighted by molar-refractivity contribution is 5.88. The highest BCUT2D eigenvalue weighted by Gasteiger charge is 2.55. The zero-order chi connectivity index (χ0) is 48.8. The van der Waals surface area contributed by atoms with Crippen molar-refractivity contribution >= 4 is 23.7 Å². The van der Waals surface area contributed by atoms with E-state index in [9.17, 15) is 24.6 Å². The van der Waals surface area contributed by atoms with Gasteiger partial charge in [0, 0.05) is 57.7 Å². The summed E-state index contributed by atoms with van der Waals surface area (Å²) in [7, 11) is 6.86. The van der Waals surface area contributed by atoms with Crippen LogP contribution in [0.2, 0.25) is 0 Å². The number of likely N-dealkylation sites (N-methyl/N-ethyl adjacent to an activating group) is 1. The van der Waals surface area contributed by atoms with Crippen LogP contribution in [0.1, 0.15) is 109 Å². The average Bonchev–Trinajstić information content (AvgIpc) is 3.80. The molecule has 2 unspecified atom stereocenters. The number of hydrogen-bond acceptors (Lipinski definition) is 18. The molecular formula is C46H78N4O15. The van der Waals surface area contributed by atoms with E-state index in [0.717, 1.165) is 0 Å². The maximum Gasteiger partial charge on any atom is 0.419 e. The van der Waals surface area contributed by atoms with Crippen LogP contribution in [0.4, 0.5) is 4.79 Å². The molecule has 0 bridgehead atoms. The summed E-state index contributed by atoms with van der Waals surface area (Å²) in [5.74, 6) is -4.33. The molecule has 4 heterocycles. The predicted octanol–water partition coefficient (Wildman–Crippen LogP) is 4.72. The summed E-state index contributed by atoms with van der Waals surface area (Å²) in [5, 5.41) is 28.5. The Labute approximate surface area is 385 Å². The van der Waals surface area contributed by atoms with Gasteiger partial charge in [-0.3, -0.25) is 9.59 Å². The van der Waals surface area contributed by atoms with Gasteiger partial charge >= 0.3 is 18.0 Å². The van der Waals surface area contributed by atoms with Crippen LogP contribution in [0, 0.1) is 23.7 Å². The van der Waals surface area contributed by atoms with Crippen LogP contribution in [0.15, 0.2) is 23.9 Å². The van der Waals surface area contributed by atoms with Gasteiger partial charge in [-0.25, -0.2) is 14.3 Å². The van der Waals surface area contributed by atoms with Gasteiger partial charge in [-0.2, -0.15) is 0 Å². The van der Waals surface area contributed by atoms with Crippen LogP contribution in [0.3, 0.4) is 0 Å². The quantitative estimate of drug-likeness (QED) is 0.165. The van der Waals surface area contributed by atoms with Gasteiger partial charge in [0.25, 0.3) is 0 Å². The van der Waals surface area contributed by atoms with Gasteiger partial charge in [0.1, 0.15) is 30.2 Å². The SMILES string of the molecule is CCON=C1[C@H](C)C[C@@](C)(OC)[C@H](OC2O[C@H](C)C[C@H](N(C)C)[C@H]2OC(C)=O)[C@@H](C)[C@H](OC2C[C@@](C)(OC)[C@@H](OC(=O)n3ccnc3)[C@H](C)O2)[C@@H](C)C(=O)O[C@H](CC)[C@@](C)(O)[C@H](O)[C@H]1C. The third-order valence-corrected chi connectivity index (χ3v) is 13.8. The number of hydrogen-bond donors (Lipinski definition) is 2. The maximum absolute atomic E-state index is 14.7. The summed E-state index contributed by atoms with van der Waals surface area (Å²) < 4.78 is 59.0. The Morgan fingerprint density at radius 2 is 1.58 bits per heavy atom. The lowest BCUT2D eigenvalue weighted by Crippen LogP contribution is -2.62. The second kappa shape index (κ2) is 22.7. The van der Waals surface area contributed by atoms with Crippen LogP contribution >= 0.6 is 0 Å². The molecule has 65 heavy (non-hydrogen) atoms. The van der Waals surface area contributed by atoms with E-state index in [-0.39, 0.29) is 38.0 Å². The standard InChI is InChI=1S/C46H78N4O15/c1-17-33-46(12,55)38(52)27(5)35(48-58-18-2)25(3)22-44(10,56-15)39(64-42-37(61-31(9)51)32(49(13)14)21-26(4)59-42)28(6)36(29(7)41(53)62-33)63-34-23-45(11,57-16)40(30(8)60-34)65-43(54)50-20-19-47-24-50/h19-20,24-30,32-34,36-40,42,52,55H,17-18,21-23H2,1-16H3/t25-,26-,27+,28+,29-,30+,32+,33-,34?,36+,37-,38-,39-,40+,42?,44-,45-,46-/m1/s1. The highest BCUT2D eigenvalue weighted by Crippen LogP contribution is 2.43. The van der Waals surface area contributed by atoms with E-state index >= 15 is 0 Å². The normalized spacial score (nSPS) is 41.9. The number of carbonyl (C=O) groups is 3. The van der Waals surface area contributed by atoms with Gasteiger partial charge in [-0.15, -0.1) is 0 Å². The molecule has 18 atom stereocenters. The topological polar surface area (TPSA) is 217 Å². The number of aliphatic hydroxyl groups excluding tert-OH is 1. The average molecular weight is 927 g/mol. The lowest BCUT2D eigenvalue weighted by Gasteiger charge is -2.50. The largest absolute Gasteiger partial charge is 0.459 e. The van der Waals surface area contributed by atoms with E-state index in [2.05, 4.69) is 10.1 Å². The van der Waals surface area contributed by atoms with Crippen molar-refractivity contribution in [2.75, 3.05) is 34.9 Å². The summed E-state index contributed by atoms with van der Waals surface area (Å²) in [6, 6.07) is -0.291. The smallest absolute Gasteiger partial charge is 0.419 e. The first-order chi connectivity index (χ1) is 30.4. The van der Waals surface area contributed by atoms with Gasteiger partial charge in [0.2, 0.25) is 0 Å². The van der Waals surface area contributed by atoms with E-state index in [0.29, 0.717) is 12.1 Å². The van der Waals surface area contributed by atoms with E-state index in [1.807, 2.05) is 46.7 Å². The van der Waals surface area contributed by atoms with E-state index in [1.54, 1.807) is 48.7 Å². The fourth-order valence-electron chi connectivity index (χ4n) is 9.95. The first kappa shape index (κ1) is 54.3. The van der Waals surface area contributed by atoms with Crippen LogP contribution in [0.25, 0.3) is 0 Å². The molecule has 4 rings (SSSR count). The number of carbonyl (C=O) groups excluding carboxylic acids is 3. The van der Waals surface area contributed by atoms with Crippen molar-refractivity contribution in [3.63, 3.8) is 0 Å². The predicted molar refractivity (Wildman–Crippen MR) is 237 cm³/mol. The van der Waals surface area contributed by atoms with Gasteiger partial charge in [0.15, 0.2) is 24.8 Å². The number of cyclic esters (lactones) is 1. The molecule has 0 aliphatic carbocycles. The number of nitrogens with zero attached hydrogens (tertiary/aromatic N) is 4. The van der Waals surface area contributed by atoms with Gasteiger partial charge in [0.05, 0.1) is 53.8 Å². The summed E-state index contributed by atoms with van der Waals surface area (Å²) in [4.78, 5) is 52.1. The van der Waals surface area contributed by atoms with Crippen molar-refractivity contribution < 1.29 is 72.1 Å². The Morgan fingerprint density at radius 3 is 2.14 bits per heavy atom. The van der Waals surface area contributed by atoms with E-state index in [4.69, 9.17) is 47.5 Å². The first-order valence-corrected chi connectivity index (χ1v) is 22.9. The number of aromatic nitrogens is 2. The van der Waals surface area contributed by atoms with Crippen molar-refractivity contribution in [3.8, 4) is 0 Å². The molecule has 372 valence electrons. The third kappa shape index (κ3) is 12.4.